The smallest absolute Gasteiger partial charge is 0.394 e. The van der Waals surface area contributed by atoms with Gasteiger partial charge in [0.05, 0.1) is 24.9 Å². The number of nitrogens with one attached hydrogen (secondary N) is 2. The molecule has 18 heteroatoms. The third kappa shape index (κ3) is 8.73. The van der Waals surface area contributed by atoms with Crippen LogP contribution in [0.5, 0.6) is 0 Å². The number of ether oxygens (including phenoxy) is 2. The van der Waals surface area contributed by atoms with Crippen LogP contribution in [-0.2, 0) is 54.5 Å². The molecule has 4 amide bonds. The molecule has 7 heterocycles. The van der Waals surface area contributed by atoms with Crippen LogP contribution in [0.15, 0.2) is 72.7 Å². The lowest BCUT2D eigenvalue weighted by Crippen LogP contribution is -2.55. The minimum atomic E-state index is -4.25. The quantitative estimate of drug-likeness (QED) is 0.196. The molecule has 0 radical (unpaired) electrons. The first-order valence-electron chi connectivity index (χ1n) is 21.0. The van der Waals surface area contributed by atoms with Crippen molar-refractivity contribution in [2.24, 2.45) is 5.41 Å². The van der Waals surface area contributed by atoms with Gasteiger partial charge < -0.3 is 47.5 Å². The number of piperazine rings is 1. The van der Waals surface area contributed by atoms with Gasteiger partial charge in [-0.1, -0.05) is 43.3 Å². The van der Waals surface area contributed by atoms with Crippen molar-refractivity contribution in [2.75, 3.05) is 32.8 Å². The van der Waals surface area contributed by atoms with E-state index in [0.717, 1.165) is 20.9 Å². The molecule has 0 bridgehead atoms. The summed E-state index contributed by atoms with van der Waals surface area (Å²) in [6, 6.07) is 11.2. The molecule has 61 heavy (non-hydrogen) atoms. The highest BCUT2D eigenvalue weighted by molar-refractivity contribution is 6.58. The van der Waals surface area contributed by atoms with E-state index < -0.39 is 30.2 Å². The maximum absolute atomic E-state index is 16.5. The SMILES string of the molecule is CC1(C)OCC(C)(C)[C@H](C(=O)N/C=C/C(=O)NCCc2cn(CCCc3ccc4n3[B-](F)(F)[N+]3=C(CCC(=O)N5CC(=O)N6CCc7ccccc7C6C5)C=CC3=C4)nn2)O1. The fourth-order valence-electron chi connectivity index (χ4n) is 8.89. The van der Waals surface area contributed by atoms with E-state index in [9.17, 15) is 19.2 Å². The van der Waals surface area contributed by atoms with Crippen molar-refractivity contribution in [1.29, 1.82) is 0 Å². The van der Waals surface area contributed by atoms with Crippen LogP contribution in [0.4, 0.5) is 8.63 Å². The molecule has 2 saturated heterocycles. The summed E-state index contributed by atoms with van der Waals surface area (Å²) < 4.78 is 48.4. The van der Waals surface area contributed by atoms with Crippen LogP contribution in [0.25, 0.3) is 6.08 Å². The second-order valence-corrected chi connectivity index (χ2v) is 17.4. The van der Waals surface area contributed by atoms with Gasteiger partial charge in [0.2, 0.25) is 17.7 Å². The highest BCUT2D eigenvalue weighted by atomic mass is 19.2. The Morgan fingerprint density at radius 2 is 1.89 bits per heavy atom. The standard InChI is InChI=1S/C43H52BF2N9O6/c1-42(2)28-60-43(3,4)61-40(42)41(59)48-21-18-37(56)47-20-17-30-25-52(50-49-30)22-7-9-31-11-13-33-24-34-14-12-32(55(34)44(45,46)54(31)33)15-16-38(57)51-26-36-35-10-6-5-8-29(35)19-23-53(36)39(58)27-51/h5-6,8,10-14,18,21,24-25,36,40H,7,9,15-17,19-20,22-23,26-28H2,1-4H3,(H,47,56)(H,48,59)/b21-18+/t36?,40-/m0/s1. The average Bonchev–Trinajstić information content (AvgIpc) is 3.97. The lowest BCUT2D eigenvalue weighted by molar-refractivity contribution is -0.362. The van der Waals surface area contributed by atoms with Crippen molar-refractivity contribution in [3.05, 3.63) is 101 Å². The van der Waals surface area contributed by atoms with Crippen LogP contribution in [-0.4, -0.2) is 115 Å². The first-order valence-corrected chi connectivity index (χ1v) is 21.0. The van der Waals surface area contributed by atoms with Gasteiger partial charge in [-0.15, -0.1) is 5.10 Å². The average molecular weight is 840 g/mol. The van der Waals surface area contributed by atoms with Crippen molar-refractivity contribution in [2.45, 2.75) is 90.7 Å². The van der Waals surface area contributed by atoms with Crippen LogP contribution in [0, 0.1) is 5.41 Å². The number of carbonyl (C=O) groups excluding carboxylic acids is 4. The van der Waals surface area contributed by atoms with Gasteiger partial charge >= 0.3 is 6.97 Å². The van der Waals surface area contributed by atoms with Crippen molar-refractivity contribution in [3.63, 3.8) is 0 Å². The summed E-state index contributed by atoms with van der Waals surface area (Å²) in [4.78, 5) is 55.2. The second kappa shape index (κ2) is 16.6. The number of amides is 4. The molecule has 2 N–H and O–H groups in total. The summed E-state index contributed by atoms with van der Waals surface area (Å²) in [6.07, 6.45) is 10.8. The predicted molar refractivity (Wildman–Crippen MR) is 222 cm³/mol. The maximum atomic E-state index is 16.5. The Morgan fingerprint density at radius 3 is 2.72 bits per heavy atom. The second-order valence-electron chi connectivity index (χ2n) is 17.4. The van der Waals surface area contributed by atoms with Gasteiger partial charge in [0.25, 0.3) is 5.91 Å². The number of fused-ring (bicyclic) bond motifs is 5. The maximum Gasteiger partial charge on any atom is 0.737 e. The van der Waals surface area contributed by atoms with Crippen molar-refractivity contribution in [1.82, 2.24) is 39.9 Å². The van der Waals surface area contributed by atoms with Crippen LogP contribution >= 0.6 is 0 Å². The van der Waals surface area contributed by atoms with Gasteiger partial charge in [-0.25, -0.2) is 0 Å². The van der Waals surface area contributed by atoms with Gasteiger partial charge in [0.1, 0.15) is 11.8 Å². The predicted octanol–water partition coefficient (Wildman–Crippen LogP) is 3.53. The van der Waals surface area contributed by atoms with Gasteiger partial charge in [-0.3, -0.25) is 23.9 Å². The van der Waals surface area contributed by atoms with Crippen LogP contribution in [0.1, 0.15) is 81.2 Å². The number of benzene rings is 1. The minimum Gasteiger partial charge on any atom is -0.394 e. The Morgan fingerprint density at radius 1 is 1.07 bits per heavy atom. The molecule has 1 unspecified atom stereocenters. The summed E-state index contributed by atoms with van der Waals surface area (Å²) in [6.45, 7) is 5.09. The van der Waals surface area contributed by atoms with E-state index in [4.69, 9.17) is 9.47 Å². The Hall–Kier alpha value is -5.75. The van der Waals surface area contributed by atoms with Crippen LogP contribution in [0.3, 0.4) is 0 Å². The number of hydrogen-bond acceptors (Lipinski definition) is 8. The van der Waals surface area contributed by atoms with E-state index in [1.807, 2.05) is 36.9 Å². The molecule has 0 aliphatic carbocycles. The summed E-state index contributed by atoms with van der Waals surface area (Å²) in [7, 11) is 0. The molecular weight excluding hydrogens is 787 g/mol. The number of halogens is 2. The number of nitrogens with zero attached hydrogens (tertiary/aromatic N) is 7. The molecule has 3 aromatic rings. The van der Waals surface area contributed by atoms with E-state index in [1.165, 1.54) is 17.8 Å². The number of aryl methyl sites for hydroxylation is 2. The molecule has 2 aromatic heterocycles. The zero-order valence-electron chi connectivity index (χ0n) is 35.0. The molecule has 5 aliphatic heterocycles. The van der Waals surface area contributed by atoms with Gasteiger partial charge in [0.15, 0.2) is 11.5 Å². The van der Waals surface area contributed by atoms with Crippen LogP contribution < -0.4 is 10.6 Å². The molecule has 0 spiro atoms. The van der Waals surface area contributed by atoms with Crippen LogP contribution in [0.2, 0.25) is 0 Å². The van der Waals surface area contributed by atoms with E-state index in [1.54, 1.807) is 60.0 Å². The third-order valence-corrected chi connectivity index (χ3v) is 12.1. The number of carbonyl (C=O) groups is 4. The summed E-state index contributed by atoms with van der Waals surface area (Å²) in [5.74, 6) is -1.97. The third-order valence-electron chi connectivity index (χ3n) is 12.1. The Kier molecular flexibility index (Phi) is 11.4. The van der Waals surface area contributed by atoms with E-state index >= 15 is 8.63 Å². The number of hydrogen-bond donors (Lipinski definition) is 2. The number of rotatable bonds is 13. The zero-order valence-corrected chi connectivity index (χ0v) is 35.0. The normalized spacial score (nSPS) is 22.1. The Balaban J connectivity index is 0.809. The largest absolute Gasteiger partial charge is 0.737 e. The van der Waals surface area contributed by atoms with E-state index in [-0.39, 0.29) is 49.7 Å². The first kappa shape index (κ1) is 42.0. The Bertz CT molecular complexity index is 2360. The molecule has 2 atom stereocenters. The highest BCUT2D eigenvalue weighted by Crippen LogP contribution is 2.37. The monoisotopic (exact) mass is 839 g/mol. The lowest BCUT2D eigenvalue weighted by Gasteiger charge is -2.44. The molecular formula is C43H52BF2N9O6. The molecule has 5 aliphatic rings. The summed E-state index contributed by atoms with van der Waals surface area (Å²) in [5.41, 5.74) is 4.02. The summed E-state index contributed by atoms with van der Waals surface area (Å²) >= 11 is 0. The van der Waals surface area contributed by atoms with Crippen molar-refractivity contribution in [3.8, 4) is 0 Å². The molecule has 15 nitrogen and oxygen atoms in total. The van der Waals surface area contributed by atoms with Crippen molar-refractivity contribution < 1.29 is 41.8 Å². The Labute approximate surface area is 353 Å². The molecule has 2 fully saturated rings. The van der Waals surface area contributed by atoms with Gasteiger partial charge in [-0.2, -0.15) is 0 Å². The fraction of sp³-hybridized carbons (Fsp3) is 0.465. The fourth-order valence-corrected chi connectivity index (χ4v) is 8.89. The van der Waals surface area contributed by atoms with Gasteiger partial charge in [0, 0.05) is 93.3 Å². The lowest BCUT2D eigenvalue weighted by atomic mass is 9.85. The summed E-state index contributed by atoms with van der Waals surface area (Å²) in [5, 5.41) is 13.7. The topological polar surface area (TPSA) is 156 Å². The molecule has 1 aromatic carbocycles. The molecule has 322 valence electrons. The van der Waals surface area contributed by atoms with E-state index in [0.29, 0.717) is 74.0 Å². The molecule has 8 rings (SSSR count). The zero-order chi connectivity index (χ0) is 43.1. The first-order chi connectivity index (χ1) is 29.1. The van der Waals surface area contributed by atoms with Crippen molar-refractivity contribution >= 4 is 42.4 Å². The minimum absolute atomic E-state index is 0.00460. The number of allylic oxidation sites excluding steroid dienone is 2. The number of aromatic nitrogens is 4. The highest BCUT2D eigenvalue weighted by Gasteiger charge is 2.52. The van der Waals surface area contributed by atoms with E-state index in [2.05, 4.69) is 27.0 Å². The molecule has 0 saturated carbocycles. The van der Waals surface area contributed by atoms with Gasteiger partial charge in [-0.05, 0) is 62.1 Å².